The molecule has 10 heavy (non-hydrogen) atoms. The normalized spacial score (nSPS) is 38.4. The zero-order valence-electron chi connectivity index (χ0n) is 6.85. The number of hydrogen-bond acceptors (Lipinski definition) is 2. The lowest BCUT2D eigenvalue weighted by molar-refractivity contribution is 0.187. The minimum atomic E-state index is -0.274. The fraction of sp³-hybridized carbons (Fsp3) is 1.00. The monoisotopic (exact) mass is 143 g/mol. The topological polar surface area (TPSA) is 46.2 Å². The van der Waals surface area contributed by atoms with Crippen LogP contribution in [0.2, 0.25) is 0 Å². The van der Waals surface area contributed by atoms with Crippen LogP contribution in [0, 0.1) is 5.41 Å². The molecule has 1 unspecified atom stereocenters. The number of rotatable bonds is 1. The van der Waals surface area contributed by atoms with Gasteiger partial charge in [-0.25, -0.2) is 0 Å². The van der Waals surface area contributed by atoms with Crippen molar-refractivity contribution >= 4 is 0 Å². The van der Waals surface area contributed by atoms with Gasteiger partial charge in [0.1, 0.15) is 0 Å². The standard InChI is InChI=1S/C8H17NO/c1-7(2)3-4-8(9,5-7)6-10/h10H,3-6,9H2,1-2H3. The summed E-state index contributed by atoms with van der Waals surface area (Å²) in [4.78, 5) is 0. The zero-order valence-corrected chi connectivity index (χ0v) is 6.85. The first-order chi connectivity index (χ1) is 4.47. The third-order valence-corrected chi connectivity index (χ3v) is 2.45. The van der Waals surface area contributed by atoms with Crippen LogP contribution in [0.5, 0.6) is 0 Å². The van der Waals surface area contributed by atoms with E-state index in [1.54, 1.807) is 0 Å². The Bertz CT molecular complexity index is 133. The summed E-state index contributed by atoms with van der Waals surface area (Å²) < 4.78 is 0. The van der Waals surface area contributed by atoms with Crippen LogP contribution < -0.4 is 5.73 Å². The van der Waals surface area contributed by atoms with Crippen LogP contribution in [0.3, 0.4) is 0 Å². The number of nitrogens with two attached hydrogens (primary N) is 1. The Kier molecular flexibility index (Phi) is 1.77. The van der Waals surface area contributed by atoms with Crippen LogP contribution in [0.25, 0.3) is 0 Å². The van der Waals surface area contributed by atoms with Gasteiger partial charge in [-0.3, -0.25) is 0 Å². The lowest BCUT2D eigenvalue weighted by Crippen LogP contribution is -2.41. The Morgan fingerprint density at radius 2 is 2.00 bits per heavy atom. The van der Waals surface area contributed by atoms with Crippen LogP contribution in [0.15, 0.2) is 0 Å². The minimum Gasteiger partial charge on any atom is -0.394 e. The van der Waals surface area contributed by atoms with Crippen molar-refractivity contribution in [3.63, 3.8) is 0 Å². The number of hydrogen-bond donors (Lipinski definition) is 2. The van der Waals surface area contributed by atoms with Crippen molar-refractivity contribution in [1.82, 2.24) is 0 Å². The van der Waals surface area contributed by atoms with Gasteiger partial charge in [0, 0.05) is 5.54 Å². The van der Waals surface area contributed by atoms with E-state index in [0.29, 0.717) is 5.41 Å². The highest BCUT2D eigenvalue weighted by Gasteiger charge is 2.39. The summed E-state index contributed by atoms with van der Waals surface area (Å²) in [6.07, 6.45) is 3.07. The van der Waals surface area contributed by atoms with Gasteiger partial charge in [-0.15, -0.1) is 0 Å². The van der Waals surface area contributed by atoms with Crippen LogP contribution in [-0.2, 0) is 0 Å². The first-order valence-electron chi connectivity index (χ1n) is 3.87. The molecule has 0 aromatic heterocycles. The quantitative estimate of drug-likeness (QED) is 0.572. The molecule has 0 saturated heterocycles. The molecule has 0 aliphatic heterocycles. The maximum atomic E-state index is 8.93. The Labute approximate surface area is 62.4 Å². The number of aliphatic hydroxyl groups is 1. The number of aliphatic hydroxyl groups excluding tert-OH is 1. The van der Waals surface area contributed by atoms with Crippen LogP contribution >= 0.6 is 0 Å². The van der Waals surface area contributed by atoms with Crippen molar-refractivity contribution in [2.45, 2.75) is 38.6 Å². The van der Waals surface area contributed by atoms with Gasteiger partial charge in [-0.05, 0) is 24.7 Å². The van der Waals surface area contributed by atoms with E-state index in [2.05, 4.69) is 13.8 Å². The van der Waals surface area contributed by atoms with Crippen molar-refractivity contribution in [3.05, 3.63) is 0 Å². The maximum Gasteiger partial charge on any atom is 0.0611 e. The molecule has 1 aliphatic rings. The summed E-state index contributed by atoms with van der Waals surface area (Å²) in [6.45, 7) is 4.55. The molecule has 0 radical (unpaired) electrons. The second kappa shape index (κ2) is 2.21. The van der Waals surface area contributed by atoms with E-state index >= 15 is 0 Å². The lowest BCUT2D eigenvalue weighted by atomic mass is 9.88. The van der Waals surface area contributed by atoms with Crippen molar-refractivity contribution in [3.8, 4) is 0 Å². The molecule has 0 bridgehead atoms. The second-order valence-electron chi connectivity index (χ2n) is 4.36. The smallest absolute Gasteiger partial charge is 0.0611 e. The van der Waals surface area contributed by atoms with Crippen LogP contribution in [0.1, 0.15) is 33.1 Å². The molecule has 1 rings (SSSR count). The molecule has 0 aromatic carbocycles. The predicted octanol–water partition coefficient (Wildman–Crippen LogP) is 0.886. The molecule has 60 valence electrons. The van der Waals surface area contributed by atoms with E-state index in [9.17, 15) is 0 Å². The summed E-state index contributed by atoms with van der Waals surface area (Å²) in [5.41, 5.74) is 5.95. The van der Waals surface area contributed by atoms with Gasteiger partial charge in [0.25, 0.3) is 0 Å². The average Bonchev–Trinajstić information content (AvgIpc) is 2.08. The third kappa shape index (κ3) is 1.50. The van der Waals surface area contributed by atoms with Gasteiger partial charge >= 0.3 is 0 Å². The van der Waals surface area contributed by atoms with Gasteiger partial charge in [-0.1, -0.05) is 13.8 Å². The molecule has 2 heteroatoms. The molecule has 1 fully saturated rings. The third-order valence-electron chi connectivity index (χ3n) is 2.45. The lowest BCUT2D eigenvalue weighted by Gasteiger charge is -2.23. The molecule has 0 spiro atoms. The highest BCUT2D eigenvalue weighted by atomic mass is 16.3. The summed E-state index contributed by atoms with van der Waals surface area (Å²) in [5, 5.41) is 8.93. The molecular formula is C8H17NO. The summed E-state index contributed by atoms with van der Waals surface area (Å²) in [7, 11) is 0. The first kappa shape index (κ1) is 8.02. The average molecular weight is 143 g/mol. The van der Waals surface area contributed by atoms with Crippen molar-refractivity contribution < 1.29 is 5.11 Å². The van der Waals surface area contributed by atoms with E-state index in [4.69, 9.17) is 10.8 Å². The van der Waals surface area contributed by atoms with Gasteiger partial charge < -0.3 is 10.8 Å². The summed E-state index contributed by atoms with van der Waals surface area (Å²) >= 11 is 0. The fourth-order valence-corrected chi connectivity index (χ4v) is 1.85. The second-order valence-corrected chi connectivity index (χ2v) is 4.36. The highest BCUT2D eigenvalue weighted by molar-refractivity contribution is 4.96. The van der Waals surface area contributed by atoms with E-state index < -0.39 is 0 Å². The molecule has 1 saturated carbocycles. The molecule has 0 aromatic rings. The van der Waals surface area contributed by atoms with Gasteiger partial charge in [-0.2, -0.15) is 0 Å². The van der Waals surface area contributed by atoms with Gasteiger partial charge in [0.15, 0.2) is 0 Å². The summed E-state index contributed by atoms with van der Waals surface area (Å²) in [5.74, 6) is 0. The molecule has 0 heterocycles. The van der Waals surface area contributed by atoms with Crippen molar-refractivity contribution in [2.75, 3.05) is 6.61 Å². The molecule has 1 aliphatic carbocycles. The first-order valence-corrected chi connectivity index (χ1v) is 3.87. The predicted molar refractivity (Wildman–Crippen MR) is 41.6 cm³/mol. The Balaban J connectivity index is 2.57. The molecule has 0 amide bonds. The van der Waals surface area contributed by atoms with Crippen LogP contribution in [0.4, 0.5) is 0 Å². The van der Waals surface area contributed by atoms with Crippen molar-refractivity contribution in [1.29, 1.82) is 0 Å². The van der Waals surface area contributed by atoms with Crippen LogP contribution in [-0.4, -0.2) is 17.3 Å². The van der Waals surface area contributed by atoms with Gasteiger partial charge in [0.2, 0.25) is 0 Å². The SMILES string of the molecule is CC1(C)CCC(N)(CO)C1. The van der Waals surface area contributed by atoms with E-state index in [1.165, 1.54) is 0 Å². The summed E-state index contributed by atoms with van der Waals surface area (Å²) in [6, 6.07) is 0. The highest BCUT2D eigenvalue weighted by Crippen LogP contribution is 2.41. The molecular weight excluding hydrogens is 126 g/mol. The maximum absolute atomic E-state index is 8.93. The van der Waals surface area contributed by atoms with Gasteiger partial charge in [0.05, 0.1) is 6.61 Å². The molecule has 1 atom stereocenters. The Morgan fingerprint density at radius 1 is 1.40 bits per heavy atom. The minimum absolute atomic E-state index is 0.135. The largest absolute Gasteiger partial charge is 0.394 e. The zero-order chi connectivity index (χ0) is 7.83. The molecule has 3 N–H and O–H groups in total. The van der Waals surface area contributed by atoms with Crippen molar-refractivity contribution in [2.24, 2.45) is 11.1 Å². The van der Waals surface area contributed by atoms with E-state index in [1.807, 2.05) is 0 Å². The van der Waals surface area contributed by atoms with E-state index in [0.717, 1.165) is 19.3 Å². The fourth-order valence-electron chi connectivity index (χ4n) is 1.85. The Morgan fingerprint density at radius 3 is 2.20 bits per heavy atom. The molecule has 2 nitrogen and oxygen atoms in total. The Hall–Kier alpha value is -0.0800. The van der Waals surface area contributed by atoms with E-state index in [-0.39, 0.29) is 12.1 Å².